The van der Waals surface area contributed by atoms with E-state index in [4.69, 9.17) is 0 Å². The van der Waals surface area contributed by atoms with Gasteiger partial charge in [-0.2, -0.15) is 13.2 Å². The number of carbonyl (C=O) groups is 2. The minimum absolute atomic E-state index is 0.0102. The van der Waals surface area contributed by atoms with E-state index in [0.717, 1.165) is 11.6 Å². The number of esters is 1. The number of halogens is 4. The third kappa shape index (κ3) is 5.05. The maximum Gasteiger partial charge on any atom is 0.419 e. The number of amides is 1. The summed E-state index contributed by atoms with van der Waals surface area (Å²) in [7, 11) is 1.26. The molecule has 0 atom stereocenters. The van der Waals surface area contributed by atoms with Crippen LogP contribution in [0, 0.1) is 5.82 Å². The molecule has 0 heterocycles. The van der Waals surface area contributed by atoms with Gasteiger partial charge >= 0.3 is 12.1 Å². The Kier molecular flexibility index (Phi) is 5.97. The van der Waals surface area contributed by atoms with Crippen molar-refractivity contribution in [2.45, 2.75) is 19.0 Å². The van der Waals surface area contributed by atoms with Gasteiger partial charge in [-0.25, -0.2) is 9.18 Å². The third-order valence-corrected chi connectivity index (χ3v) is 3.57. The van der Waals surface area contributed by atoms with E-state index in [0.29, 0.717) is 24.1 Å². The van der Waals surface area contributed by atoms with Gasteiger partial charge in [0.1, 0.15) is 5.82 Å². The molecule has 2 rings (SSSR count). The molecule has 0 bridgehead atoms. The second-order valence-electron chi connectivity index (χ2n) is 5.43. The SMILES string of the molecule is COC(=O)c1ccc(CCC(=O)Nc2ccc(F)c(C(F)(F)F)c2)cc1. The summed E-state index contributed by atoms with van der Waals surface area (Å²) in [5.74, 6) is -2.39. The van der Waals surface area contributed by atoms with E-state index >= 15 is 0 Å². The molecule has 138 valence electrons. The van der Waals surface area contributed by atoms with Gasteiger partial charge in [0, 0.05) is 12.1 Å². The van der Waals surface area contributed by atoms with Crippen LogP contribution in [0.3, 0.4) is 0 Å². The summed E-state index contributed by atoms with van der Waals surface area (Å²) in [6, 6.07) is 8.68. The van der Waals surface area contributed by atoms with E-state index in [-0.39, 0.29) is 12.1 Å². The number of ether oxygens (including phenoxy) is 1. The summed E-state index contributed by atoms with van der Waals surface area (Å²) in [4.78, 5) is 23.2. The summed E-state index contributed by atoms with van der Waals surface area (Å²) in [6.45, 7) is 0. The van der Waals surface area contributed by atoms with Gasteiger partial charge in [-0.1, -0.05) is 12.1 Å². The molecule has 0 radical (unpaired) electrons. The Morgan fingerprint density at radius 3 is 2.31 bits per heavy atom. The zero-order valence-electron chi connectivity index (χ0n) is 13.7. The largest absolute Gasteiger partial charge is 0.465 e. The van der Waals surface area contributed by atoms with Crippen molar-refractivity contribution in [3.05, 3.63) is 65.0 Å². The summed E-state index contributed by atoms with van der Waals surface area (Å²) in [6.07, 6.45) is -4.51. The number of hydrogen-bond acceptors (Lipinski definition) is 3. The lowest BCUT2D eigenvalue weighted by Crippen LogP contribution is -2.14. The van der Waals surface area contributed by atoms with E-state index in [9.17, 15) is 27.2 Å². The quantitative estimate of drug-likeness (QED) is 0.635. The number of hydrogen-bond donors (Lipinski definition) is 1. The molecule has 0 fully saturated rings. The standard InChI is InChI=1S/C18H15F4NO3/c1-26-17(25)12-5-2-11(3-6-12)4-9-16(24)23-13-7-8-15(19)14(10-13)18(20,21)22/h2-3,5-8,10H,4,9H2,1H3,(H,23,24). The van der Waals surface area contributed by atoms with Crippen LogP contribution in [-0.4, -0.2) is 19.0 Å². The van der Waals surface area contributed by atoms with E-state index < -0.39 is 29.4 Å². The van der Waals surface area contributed by atoms with Crippen LogP contribution in [0.15, 0.2) is 42.5 Å². The van der Waals surface area contributed by atoms with Crippen LogP contribution < -0.4 is 5.32 Å². The summed E-state index contributed by atoms with van der Waals surface area (Å²) < 4.78 is 55.8. The van der Waals surface area contributed by atoms with E-state index in [1.165, 1.54) is 7.11 Å². The van der Waals surface area contributed by atoms with Crippen LogP contribution in [-0.2, 0) is 22.1 Å². The molecule has 0 saturated carbocycles. The first-order chi connectivity index (χ1) is 12.2. The minimum Gasteiger partial charge on any atom is -0.465 e. The molecular weight excluding hydrogens is 354 g/mol. The van der Waals surface area contributed by atoms with Crippen molar-refractivity contribution in [3.8, 4) is 0 Å². The van der Waals surface area contributed by atoms with Crippen LogP contribution in [0.1, 0.15) is 27.9 Å². The van der Waals surface area contributed by atoms with Gasteiger partial charge in [0.2, 0.25) is 5.91 Å². The summed E-state index contributed by atoms with van der Waals surface area (Å²) in [5, 5.41) is 2.31. The molecule has 26 heavy (non-hydrogen) atoms. The fourth-order valence-corrected chi connectivity index (χ4v) is 2.23. The molecule has 4 nitrogen and oxygen atoms in total. The number of alkyl halides is 3. The zero-order chi connectivity index (χ0) is 19.3. The van der Waals surface area contributed by atoms with Crippen molar-refractivity contribution in [2.75, 3.05) is 12.4 Å². The Morgan fingerprint density at radius 2 is 1.73 bits per heavy atom. The highest BCUT2D eigenvalue weighted by atomic mass is 19.4. The molecular formula is C18H15F4NO3. The first kappa shape index (κ1) is 19.4. The van der Waals surface area contributed by atoms with Crippen molar-refractivity contribution in [1.29, 1.82) is 0 Å². The number of rotatable bonds is 5. The van der Waals surface area contributed by atoms with Crippen molar-refractivity contribution in [3.63, 3.8) is 0 Å². The molecule has 0 aliphatic rings. The molecule has 0 aliphatic heterocycles. The molecule has 8 heteroatoms. The van der Waals surface area contributed by atoms with Crippen molar-refractivity contribution in [1.82, 2.24) is 0 Å². The fourth-order valence-electron chi connectivity index (χ4n) is 2.23. The number of anilines is 1. The van der Waals surface area contributed by atoms with Crippen LogP contribution in [0.25, 0.3) is 0 Å². The van der Waals surface area contributed by atoms with Crippen molar-refractivity contribution < 1.29 is 31.9 Å². The van der Waals surface area contributed by atoms with Crippen molar-refractivity contribution >= 4 is 17.6 Å². The normalized spacial score (nSPS) is 11.1. The second kappa shape index (κ2) is 7.99. The van der Waals surface area contributed by atoms with Crippen LogP contribution in [0.4, 0.5) is 23.2 Å². The molecule has 0 aliphatic carbocycles. The minimum atomic E-state index is -4.84. The van der Waals surface area contributed by atoms with E-state index in [1.54, 1.807) is 24.3 Å². The molecule has 2 aromatic carbocycles. The fraction of sp³-hybridized carbons (Fsp3) is 0.222. The molecule has 2 aromatic rings. The lowest BCUT2D eigenvalue weighted by atomic mass is 10.1. The number of methoxy groups -OCH3 is 1. The Hall–Kier alpha value is -2.90. The Bertz CT molecular complexity index is 801. The van der Waals surface area contributed by atoms with Gasteiger partial charge in [0.05, 0.1) is 18.2 Å². The Balaban J connectivity index is 1.96. The van der Waals surface area contributed by atoms with Crippen LogP contribution in [0.2, 0.25) is 0 Å². The van der Waals surface area contributed by atoms with Gasteiger partial charge in [0.25, 0.3) is 0 Å². The molecule has 0 saturated heterocycles. The van der Waals surface area contributed by atoms with Crippen LogP contribution >= 0.6 is 0 Å². The average molecular weight is 369 g/mol. The highest BCUT2D eigenvalue weighted by Crippen LogP contribution is 2.33. The topological polar surface area (TPSA) is 55.4 Å². The lowest BCUT2D eigenvalue weighted by molar-refractivity contribution is -0.140. The maximum absolute atomic E-state index is 13.2. The lowest BCUT2D eigenvalue weighted by Gasteiger charge is -2.11. The predicted molar refractivity (Wildman–Crippen MR) is 86.1 cm³/mol. The molecule has 0 unspecified atom stereocenters. The van der Waals surface area contributed by atoms with E-state index in [2.05, 4.69) is 10.1 Å². The first-order valence-electron chi connectivity index (χ1n) is 7.54. The third-order valence-electron chi connectivity index (χ3n) is 3.57. The Morgan fingerprint density at radius 1 is 1.08 bits per heavy atom. The highest BCUT2D eigenvalue weighted by molar-refractivity contribution is 5.91. The number of carbonyl (C=O) groups excluding carboxylic acids is 2. The molecule has 0 aromatic heterocycles. The smallest absolute Gasteiger partial charge is 0.419 e. The average Bonchev–Trinajstić information content (AvgIpc) is 2.60. The van der Waals surface area contributed by atoms with Crippen LogP contribution in [0.5, 0.6) is 0 Å². The van der Waals surface area contributed by atoms with E-state index in [1.807, 2.05) is 0 Å². The first-order valence-corrected chi connectivity index (χ1v) is 7.54. The van der Waals surface area contributed by atoms with Gasteiger partial charge in [-0.3, -0.25) is 4.79 Å². The predicted octanol–water partition coefficient (Wildman–Crippen LogP) is 4.20. The second-order valence-corrected chi connectivity index (χ2v) is 5.43. The zero-order valence-corrected chi connectivity index (χ0v) is 13.7. The Labute approximate surface area is 146 Å². The summed E-state index contributed by atoms with van der Waals surface area (Å²) in [5.41, 5.74) is -0.437. The summed E-state index contributed by atoms with van der Waals surface area (Å²) >= 11 is 0. The molecule has 1 amide bonds. The highest BCUT2D eigenvalue weighted by Gasteiger charge is 2.34. The number of nitrogens with one attached hydrogen (secondary N) is 1. The number of benzene rings is 2. The molecule has 0 spiro atoms. The van der Waals surface area contributed by atoms with Gasteiger partial charge in [-0.15, -0.1) is 0 Å². The van der Waals surface area contributed by atoms with Crippen molar-refractivity contribution in [2.24, 2.45) is 0 Å². The van der Waals surface area contributed by atoms with Gasteiger partial charge in [-0.05, 0) is 42.3 Å². The maximum atomic E-state index is 13.2. The van der Waals surface area contributed by atoms with Gasteiger partial charge < -0.3 is 10.1 Å². The number of aryl methyl sites for hydroxylation is 1. The monoisotopic (exact) mass is 369 g/mol. The van der Waals surface area contributed by atoms with Gasteiger partial charge in [0.15, 0.2) is 0 Å². The molecule has 1 N–H and O–H groups in total.